The molecule has 22 heavy (non-hydrogen) atoms. The molecule has 0 fully saturated rings. The van der Waals surface area contributed by atoms with Crippen LogP contribution in [0.4, 0.5) is 16.4 Å². The van der Waals surface area contributed by atoms with Crippen LogP contribution in [0.5, 0.6) is 0 Å². The van der Waals surface area contributed by atoms with Gasteiger partial charge in [0.15, 0.2) is 0 Å². The van der Waals surface area contributed by atoms with E-state index in [-0.39, 0.29) is 11.3 Å². The average Bonchev–Trinajstić information content (AvgIpc) is 2.93. The minimum absolute atomic E-state index is 0.164. The number of thiophene rings is 1. The molecule has 1 amide bonds. The fraction of sp³-hybridized carbons (Fsp3) is 0.143. The smallest absolute Gasteiger partial charge is 0.270 e. The number of non-ortho nitro benzene ring substituents is 1. The highest BCUT2D eigenvalue weighted by atomic mass is 32.1. The molecule has 0 unspecified atom stereocenters. The van der Waals surface area contributed by atoms with Gasteiger partial charge in [-0.05, 0) is 17.5 Å². The Hall–Kier alpha value is -2.92. The summed E-state index contributed by atoms with van der Waals surface area (Å²) in [5.41, 5.74) is 0.923. The summed E-state index contributed by atoms with van der Waals surface area (Å²) in [6.45, 7) is 0. The molecule has 1 aromatic heterocycles. The highest BCUT2D eigenvalue weighted by molar-refractivity contribution is 7.14. The Morgan fingerprint density at radius 2 is 2.14 bits per heavy atom. The van der Waals surface area contributed by atoms with Crippen LogP contribution < -0.4 is 10.2 Å². The second-order valence-electron chi connectivity index (χ2n) is 4.58. The summed E-state index contributed by atoms with van der Waals surface area (Å²) in [5, 5.41) is 24.6. The minimum atomic E-state index is -0.554. The van der Waals surface area contributed by atoms with E-state index in [2.05, 4.69) is 5.32 Å². The molecule has 2 aromatic rings. The van der Waals surface area contributed by atoms with E-state index in [0.717, 1.165) is 0 Å². The van der Waals surface area contributed by atoms with Crippen molar-refractivity contribution in [2.45, 2.75) is 0 Å². The number of nitro benzene ring substituents is 1. The third-order valence-electron chi connectivity index (χ3n) is 2.93. The molecule has 1 heterocycles. The van der Waals surface area contributed by atoms with Crippen molar-refractivity contribution in [2.24, 2.45) is 0 Å². The van der Waals surface area contributed by atoms with Crippen molar-refractivity contribution in [3.8, 4) is 6.07 Å². The summed E-state index contributed by atoms with van der Waals surface area (Å²) in [6.07, 6.45) is 0. The molecule has 1 aromatic carbocycles. The number of hydrogen-bond donors (Lipinski definition) is 1. The first kappa shape index (κ1) is 15.5. The zero-order valence-electron chi connectivity index (χ0n) is 11.9. The van der Waals surface area contributed by atoms with Crippen LogP contribution in [0, 0.1) is 21.4 Å². The second-order valence-corrected chi connectivity index (χ2v) is 5.50. The van der Waals surface area contributed by atoms with Crippen molar-refractivity contribution in [3.05, 3.63) is 50.9 Å². The lowest BCUT2D eigenvalue weighted by atomic mass is 10.1. The summed E-state index contributed by atoms with van der Waals surface area (Å²) in [4.78, 5) is 24.4. The summed E-state index contributed by atoms with van der Waals surface area (Å²) >= 11 is 1.22. The predicted octanol–water partition coefficient (Wildman–Crippen LogP) is 2.85. The largest absolute Gasteiger partial charge is 0.377 e. The molecular weight excluding hydrogens is 304 g/mol. The van der Waals surface area contributed by atoms with Crippen molar-refractivity contribution in [1.29, 1.82) is 5.26 Å². The normalized spacial score (nSPS) is 9.86. The number of nitrogens with zero attached hydrogens (tertiary/aromatic N) is 3. The topological polar surface area (TPSA) is 99.3 Å². The highest BCUT2D eigenvalue weighted by Crippen LogP contribution is 2.27. The number of hydrogen-bond acceptors (Lipinski definition) is 6. The molecule has 112 valence electrons. The zero-order valence-corrected chi connectivity index (χ0v) is 12.7. The quantitative estimate of drug-likeness (QED) is 0.690. The van der Waals surface area contributed by atoms with Crippen LogP contribution in [-0.2, 0) is 0 Å². The summed E-state index contributed by atoms with van der Waals surface area (Å²) in [5.74, 6) is -0.494. The van der Waals surface area contributed by atoms with Crippen LogP contribution in [-0.4, -0.2) is 24.9 Å². The van der Waals surface area contributed by atoms with Gasteiger partial charge in [-0.2, -0.15) is 5.26 Å². The molecule has 0 atom stereocenters. The minimum Gasteiger partial charge on any atom is -0.377 e. The molecule has 0 aliphatic carbocycles. The van der Waals surface area contributed by atoms with Crippen LogP contribution in [0.1, 0.15) is 15.9 Å². The lowest BCUT2D eigenvalue weighted by Crippen LogP contribution is -2.18. The van der Waals surface area contributed by atoms with E-state index in [0.29, 0.717) is 16.3 Å². The maximum Gasteiger partial charge on any atom is 0.270 e. The van der Waals surface area contributed by atoms with E-state index in [9.17, 15) is 14.9 Å². The standard InChI is InChI=1S/C14H12N4O3S/c1-17(2)12-4-3-10(18(20)21)7-11(12)13(19)16-14-9(8-15)5-6-22-14/h3-7H,1-2H3,(H,16,19). The Labute approximate surface area is 130 Å². The molecule has 0 bridgehead atoms. The third-order valence-corrected chi connectivity index (χ3v) is 3.76. The Kier molecular flexibility index (Phi) is 4.39. The zero-order chi connectivity index (χ0) is 16.3. The number of anilines is 2. The second kappa shape index (κ2) is 6.24. The lowest BCUT2D eigenvalue weighted by Gasteiger charge is -2.16. The van der Waals surface area contributed by atoms with Crippen molar-refractivity contribution in [1.82, 2.24) is 0 Å². The fourth-order valence-corrected chi connectivity index (χ4v) is 2.61. The molecule has 2 rings (SSSR count). The van der Waals surface area contributed by atoms with Crippen molar-refractivity contribution in [3.63, 3.8) is 0 Å². The molecule has 7 nitrogen and oxygen atoms in total. The van der Waals surface area contributed by atoms with Crippen LogP contribution in [0.25, 0.3) is 0 Å². The predicted molar refractivity (Wildman–Crippen MR) is 84.4 cm³/mol. The number of nitriles is 1. The lowest BCUT2D eigenvalue weighted by molar-refractivity contribution is -0.384. The van der Waals surface area contributed by atoms with Gasteiger partial charge in [-0.3, -0.25) is 14.9 Å². The molecule has 1 N–H and O–H groups in total. The molecule has 0 aliphatic rings. The van der Waals surface area contributed by atoms with Crippen LogP contribution in [0.2, 0.25) is 0 Å². The van der Waals surface area contributed by atoms with E-state index in [1.807, 2.05) is 6.07 Å². The molecule has 0 spiro atoms. The highest BCUT2D eigenvalue weighted by Gasteiger charge is 2.19. The summed E-state index contributed by atoms with van der Waals surface area (Å²) in [7, 11) is 3.48. The van der Waals surface area contributed by atoms with Crippen molar-refractivity contribution < 1.29 is 9.72 Å². The monoisotopic (exact) mass is 316 g/mol. The number of rotatable bonds is 4. The number of benzene rings is 1. The first-order valence-electron chi connectivity index (χ1n) is 6.18. The average molecular weight is 316 g/mol. The molecule has 8 heteroatoms. The van der Waals surface area contributed by atoms with Gasteiger partial charge in [-0.25, -0.2) is 0 Å². The fourth-order valence-electron chi connectivity index (χ4n) is 1.87. The van der Waals surface area contributed by atoms with Gasteiger partial charge in [0.1, 0.15) is 11.1 Å². The number of carbonyl (C=O) groups excluding carboxylic acids is 1. The maximum atomic E-state index is 12.4. The van der Waals surface area contributed by atoms with Gasteiger partial charge in [0, 0.05) is 31.9 Å². The molecule has 0 radical (unpaired) electrons. The molecule has 0 aliphatic heterocycles. The van der Waals surface area contributed by atoms with Gasteiger partial charge >= 0.3 is 0 Å². The third kappa shape index (κ3) is 3.05. The van der Waals surface area contributed by atoms with Gasteiger partial charge in [-0.15, -0.1) is 11.3 Å². The number of amides is 1. The number of nitrogens with one attached hydrogen (secondary N) is 1. The van der Waals surface area contributed by atoms with E-state index < -0.39 is 10.8 Å². The first-order valence-corrected chi connectivity index (χ1v) is 7.06. The van der Waals surface area contributed by atoms with Crippen molar-refractivity contribution in [2.75, 3.05) is 24.3 Å². The number of nitro groups is 1. The van der Waals surface area contributed by atoms with E-state index in [1.54, 1.807) is 30.4 Å². The van der Waals surface area contributed by atoms with E-state index in [1.165, 1.54) is 29.5 Å². The van der Waals surface area contributed by atoms with E-state index in [4.69, 9.17) is 5.26 Å². The molecule has 0 saturated carbocycles. The van der Waals surface area contributed by atoms with Gasteiger partial charge in [0.05, 0.1) is 16.1 Å². The molecular formula is C14H12N4O3S. The first-order chi connectivity index (χ1) is 10.4. The van der Waals surface area contributed by atoms with Gasteiger partial charge in [0.25, 0.3) is 11.6 Å². The van der Waals surface area contributed by atoms with Crippen LogP contribution >= 0.6 is 11.3 Å². The molecule has 0 saturated heterocycles. The Balaban J connectivity index is 2.41. The van der Waals surface area contributed by atoms with Crippen LogP contribution in [0.15, 0.2) is 29.6 Å². The Morgan fingerprint density at radius 3 is 2.73 bits per heavy atom. The number of carbonyl (C=O) groups is 1. The van der Waals surface area contributed by atoms with Crippen LogP contribution in [0.3, 0.4) is 0 Å². The van der Waals surface area contributed by atoms with Gasteiger partial charge < -0.3 is 10.2 Å². The maximum absolute atomic E-state index is 12.4. The SMILES string of the molecule is CN(C)c1ccc([N+](=O)[O-])cc1C(=O)Nc1sccc1C#N. The van der Waals surface area contributed by atoms with Gasteiger partial charge in [-0.1, -0.05) is 0 Å². The summed E-state index contributed by atoms with van der Waals surface area (Å²) < 4.78 is 0. The van der Waals surface area contributed by atoms with Gasteiger partial charge in [0.2, 0.25) is 0 Å². The summed E-state index contributed by atoms with van der Waals surface area (Å²) in [6, 6.07) is 7.67. The Morgan fingerprint density at radius 1 is 1.41 bits per heavy atom. The van der Waals surface area contributed by atoms with Crippen molar-refractivity contribution >= 4 is 33.6 Å². The Bertz CT molecular complexity index is 777. The van der Waals surface area contributed by atoms with E-state index >= 15 is 0 Å².